The number of carbonyl (C=O) groups excluding carboxylic acids is 1. The molecule has 156 valence electrons. The van der Waals surface area contributed by atoms with Crippen LogP contribution in [0, 0.1) is 0 Å². The number of carbonyl (C=O) groups is 1. The summed E-state index contributed by atoms with van der Waals surface area (Å²) in [5, 5.41) is 2.86. The van der Waals surface area contributed by atoms with Crippen molar-refractivity contribution in [1.29, 1.82) is 0 Å². The molecule has 0 bridgehead atoms. The summed E-state index contributed by atoms with van der Waals surface area (Å²) in [7, 11) is 0. The molecular weight excluding hydrogens is 387 g/mol. The lowest BCUT2D eigenvalue weighted by molar-refractivity contribution is -0.176. The van der Waals surface area contributed by atoms with Crippen LogP contribution in [-0.4, -0.2) is 50.0 Å². The van der Waals surface area contributed by atoms with Crippen molar-refractivity contribution in [3.05, 3.63) is 59.3 Å². The second-order valence-corrected chi connectivity index (χ2v) is 6.58. The molecular formula is C20H22F3N3O3. The smallest absolute Gasteiger partial charge is 0.378 e. The number of rotatable bonds is 7. The van der Waals surface area contributed by atoms with Crippen molar-refractivity contribution in [1.82, 2.24) is 10.3 Å². The summed E-state index contributed by atoms with van der Waals surface area (Å²) < 4.78 is 46.3. The van der Waals surface area contributed by atoms with Crippen LogP contribution in [-0.2, 0) is 22.6 Å². The van der Waals surface area contributed by atoms with Crippen molar-refractivity contribution >= 4 is 11.7 Å². The molecule has 2 heterocycles. The zero-order valence-electron chi connectivity index (χ0n) is 15.7. The summed E-state index contributed by atoms with van der Waals surface area (Å²) >= 11 is 0. The van der Waals surface area contributed by atoms with Crippen molar-refractivity contribution in [3.8, 4) is 0 Å². The van der Waals surface area contributed by atoms with Gasteiger partial charge >= 0.3 is 6.18 Å². The average molecular weight is 409 g/mol. The highest BCUT2D eigenvalue weighted by molar-refractivity contribution is 5.98. The number of anilines is 1. The van der Waals surface area contributed by atoms with Crippen molar-refractivity contribution in [3.63, 3.8) is 0 Å². The third-order valence-corrected chi connectivity index (χ3v) is 4.35. The maximum atomic E-state index is 12.6. The number of aromatic nitrogens is 1. The van der Waals surface area contributed by atoms with Gasteiger partial charge in [-0.1, -0.05) is 24.3 Å². The van der Waals surface area contributed by atoms with E-state index in [0.717, 1.165) is 5.56 Å². The Kier molecular flexibility index (Phi) is 7.05. The summed E-state index contributed by atoms with van der Waals surface area (Å²) in [5.41, 5.74) is 1.95. The fourth-order valence-electron chi connectivity index (χ4n) is 2.92. The van der Waals surface area contributed by atoms with Crippen LogP contribution >= 0.6 is 0 Å². The molecule has 1 saturated heterocycles. The monoisotopic (exact) mass is 409 g/mol. The van der Waals surface area contributed by atoms with Crippen LogP contribution in [0.1, 0.15) is 21.5 Å². The Hall–Kier alpha value is -2.65. The van der Waals surface area contributed by atoms with Crippen LogP contribution in [0.25, 0.3) is 0 Å². The molecule has 6 nitrogen and oxygen atoms in total. The van der Waals surface area contributed by atoms with Gasteiger partial charge in [-0.05, 0) is 23.3 Å². The highest BCUT2D eigenvalue weighted by Crippen LogP contribution is 2.19. The lowest BCUT2D eigenvalue weighted by Gasteiger charge is -2.29. The number of pyridine rings is 1. The molecule has 0 unspecified atom stereocenters. The van der Waals surface area contributed by atoms with Crippen LogP contribution in [0.2, 0.25) is 0 Å². The van der Waals surface area contributed by atoms with Crippen LogP contribution < -0.4 is 10.2 Å². The minimum absolute atomic E-state index is 0.120. The van der Waals surface area contributed by atoms with Gasteiger partial charge in [0.25, 0.3) is 5.91 Å². The standard InChI is InChI=1S/C20H22F3N3O3/c21-20(22,23)14-29-13-16-5-3-15(4-6-16)12-25-19(27)17-2-1-7-24-18(17)26-8-10-28-11-9-26/h1-7H,8-14H2,(H,25,27). The SMILES string of the molecule is O=C(NCc1ccc(COCC(F)(F)F)cc1)c1cccnc1N1CCOCC1. The zero-order chi connectivity index (χ0) is 20.7. The minimum atomic E-state index is -4.34. The fraction of sp³-hybridized carbons (Fsp3) is 0.400. The maximum absolute atomic E-state index is 12.6. The molecule has 1 aliphatic heterocycles. The number of halogens is 3. The van der Waals surface area contributed by atoms with Gasteiger partial charge in [0, 0.05) is 25.8 Å². The summed E-state index contributed by atoms with van der Waals surface area (Å²) in [6.45, 7) is 1.43. The predicted molar refractivity (Wildman–Crippen MR) is 101 cm³/mol. The first kappa shape index (κ1) is 21.1. The van der Waals surface area contributed by atoms with E-state index in [9.17, 15) is 18.0 Å². The zero-order valence-corrected chi connectivity index (χ0v) is 15.7. The van der Waals surface area contributed by atoms with Crippen LogP contribution in [0.4, 0.5) is 19.0 Å². The lowest BCUT2D eigenvalue weighted by atomic mass is 10.1. The van der Waals surface area contributed by atoms with E-state index < -0.39 is 12.8 Å². The van der Waals surface area contributed by atoms with E-state index in [1.165, 1.54) is 0 Å². The molecule has 0 spiro atoms. The van der Waals surface area contributed by atoms with E-state index in [1.807, 2.05) is 4.90 Å². The summed E-state index contributed by atoms with van der Waals surface area (Å²) in [6, 6.07) is 10.3. The molecule has 1 aromatic heterocycles. The first-order valence-electron chi connectivity index (χ1n) is 9.20. The molecule has 2 aromatic rings. The fourth-order valence-corrected chi connectivity index (χ4v) is 2.92. The highest BCUT2D eigenvalue weighted by atomic mass is 19.4. The number of morpholine rings is 1. The molecule has 29 heavy (non-hydrogen) atoms. The summed E-state index contributed by atoms with van der Waals surface area (Å²) in [5.74, 6) is 0.391. The van der Waals surface area contributed by atoms with Crippen molar-refractivity contribution in [2.24, 2.45) is 0 Å². The Labute approximate surface area is 166 Å². The van der Waals surface area contributed by atoms with Crippen LogP contribution in [0.15, 0.2) is 42.6 Å². The van der Waals surface area contributed by atoms with E-state index in [4.69, 9.17) is 4.74 Å². The van der Waals surface area contributed by atoms with Crippen LogP contribution in [0.5, 0.6) is 0 Å². The van der Waals surface area contributed by atoms with Gasteiger partial charge in [-0.25, -0.2) is 4.98 Å². The number of amides is 1. The first-order valence-corrected chi connectivity index (χ1v) is 9.20. The number of ether oxygens (including phenoxy) is 2. The number of benzene rings is 1. The number of hydrogen-bond donors (Lipinski definition) is 1. The molecule has 1 aromatic carbocycles. The number of nitrogens with zero attached hydrogens (tertiary/aromatic N) is 2. The van der Waals surface area contributed by atoms with Crippen molar-refractivity contribution in [2.75, 3.05) is 37.8 Å². The van der Waals surface area contributed by atoms with Gasteiger partial charge in [-0.15, -0.1) is 0 Å². The van der Waals surface area contributed by atoms with Gasteiger partial charge in [-0.3, -0.25) is 4.79 Å². The van der Waals surface area contributed by atoms with Gasteiger partial charge in [0.05, 0.1) is 25.4 Å². The highest BCUT2D eigenvalue weighted by Gasteiger charge is 2.27. The van der Waals surface area contributed by atoms with E-state index in [-0.39, 0.29) is 12.5 Å². The van der Waals surface area contributed by atoms with Gasteiger partial charge in [0.1, 0.15) is 12.4 Å². The van der Waals surface area contributed by atoms with Crippen molar-refractivity contribution < 1.29 is 27.4 Å². The van der Waals surface area contributed by atoms with E-state index in [1.54, 1.807) is 42.6 Å². The van der Waals surface area contributed by atoms with E-state index in [0.29, 0.717) is 49.8 Å². The van der Waals surface area contributed by atoms with Crippen LogP contribution in [0.3, 0.4) is 0 Å². The molecule has 3 rings (SSSR count). The molecule has 1 aliphatic rings. The molecule has 0 radical (unpaired) electrons. The maximum Gasteiger partial charge on any atom is 0.411 e. The Morgan fingerprint density at radius 2 is 1.83 bits per heavy atom. The largest absolute Gasteiger partial charge is 0.411 e. The molecule has 0 saturated carbocycles. The van der Waals surface area contributed by atoms with Gasteiger partial charge in [0.15, 0.2) is 0 Å². The molecule has 0 atom stereocenters. The second-order valence-electron chi connectivity index (χ2n) is 6.58. The number of alkyl halides is 3. The van der Waals surface area contributed by atoms with Gasteiger partial charge in [-0.2, -0.15) is 13.2 Å². The third kappa shape index (κ3) is 6.43. The molecule has 9 heteroatoms. The molecule has 1 N–H and O–H groups in total. The Morgan fingerprint density at radius 3 is 2.52 bits per heavy atom. The van der Waals surface area contributed by atoms with E-state index >= 15 is 0 Å². The van der Waals surface area contributed by atoms with E-state index in [2.05, 4.69) is 15.0 Å². The topological polar surface area (TPSA) is 63.7 Å². The minimum Gasteiger partial charge on any atom is -0.378 e. The van der Waals surface area contributed by atoms with Gasteiger partial charge < -0.3 is 19.7 Å². The summed E-state index contributed by atoms with van der Waals surface area (Å²) in [6.07, 6.45) is -2.68. The first-order chi connectivity index (χ1) is 13.9. The predicted octanol–water partition coefficient (Wildman–Crippen LogP) is 2.93. The number of hydrogen-bond acceptors (Lipinski definition) is 5. The number of nitrogens with one attached hydrogen (secondary N) is 1. The molecule has 1 amide bonds. The van der Waals surface area contributed by atoms with Crippen molar-refractivity contribution in [2.45, 2.75) is 19.3 Å². The van der Waals surface area contributed by atoms with Gasteiger partial charge in [0.2, 0.25) is 0 Å². The Balaban J connectivity index is 1.54. The quantitative estimate of drug-likeness (QED) is 0.762. The normalized spacial score (nSPS) is 14.7. The second kappa shape index (κ2) is 9.71. The summed E-state index contributed by atoms with van der Waals surface area (Å²) in [4.78, 5) is 19.0. The average Bonchev–Trinajstić information content (AvgIpc) is 2.73. The molecule has 1 fully saturated rings. The Morgan fingerprint density at radius 1 is 1.14 bits per heavy atom. The Bertz CT molecular complexity index is 807. The third-order valence-electron chi connectivity index (χ3n) is 4.35. The lowest BCUT2D eigenvalue weighted by Crippen LogP contribution is -2.38. The molecule has 0 aliphatic carbocycles.